The zero-order valence-electron chi connectivity index (χ0n) is 8.20. The van der Waals surface area contributed by atoms with Crippen LogP contribution in [0, 0.1) is 0 Å². The second-order valence-electron chi connectivity index (χ2n) is 3.16. The summed E-state index contributed by atoms with van der Waals surface area (Å²) in [6.45, 7) is 11.2. The normalized spacial score (nSPS) is 10.9. The van der Waals surface area contributed by atoms with Gasteiger partial charge in [-0.1, -0.05) is 6.58 Å². The van der Waals surface area contributed by atoms with E-state index < -0.39 is 5.97 Å². The standard InChI is InChI=1S/C9H17NO2/c1-6-9(11)12-10(7(2)3)8(4)5/h6-8H,1H2,2-5H3. The molecule has 0 saturated carbocycles. The molecule has 0 N–H and O–H groups in total. The number of nitrogens with zero attached hydrogens (tertiary/aromatic N) is 1. The Balaban J connectivity index is 4.13. The Labute approximate surface area is 74.0 Å². The molecule has 0 spiro atoms. The Bertz CT molecular complexity index is 156. The summed E-state index contributed by atoms with van der Waals surface area (Å²) in [6, 6.07) is 0.378. The lowest BCUT2D eigenvalue weighted by Crippen LogP contribution is -2.38. The lowest BCUT2D eigenvalue weighted by molar-refractivity contribution is -0.203. The van der Waals surface area contributed by atoms with Gasteiger partial charge in [-0.25, -0.2) is 4.79 Å². The molecule has 0 amide bonds. The van der Waals surface area contributed by atoms with Crippen molar-refractivity contribution in [2.24, 2.45) is 0 Å². The number of rotatable bonds is 4. The molecule has 3 heteroatoms. The SMILES string of the molecule is C=CC(=O)ON(C(C)C)C(C)C. The van der Waals surface area contributed by atoms with Gasteiger partial charge in [-0.3, -0.25) is 0 Å². The molecule has 0 saturated heterocycles. The Morgan fingerprint density at radius 2 is 1.75 bits per heavy atom. The first-order valence-corrected chi connectivity index (χ1v) is 4.11. The zero-order valence-corrected chi connectivity index (χ0v) is 8.20. The Hall–Kier alpha value is -0.830. The molecular formula is C9H17NO2. The number of carbonyl (C=O) groups is 1. The minimum Gasteiger partial charge on any atom is -0.364 e. The fraction of sp³-hybridized carbons (Fsp3) is 0.667. The molecule has 70 valence electrons. The average Bonchev–Trinajstić information content (AvgIpc) is 1.98. The molecule has 0 aromatic carbocycles. The highest BCUT2D eigenvalue weighted by molar-refractivity contribution is 5.80. The van der Waals surface area contributed by atoms with Crippen LogP contribution in [0.3, 0.4) is 0 Å². The Kier molecular flexibility index (Phi) is 4.59. The highest BCUT2D eigenvalue weighted by atomic mass is 16.7. The molecule has 0 unspecified atom stereocenters. The highest BCUT2D eigenvalue weighted by Crippen LogP contribution is 2.05. The van der Waals surface area contributed by atoms with Gasteiger partial charge in [-0.05, 0) is 27.7 Å². The van der Waals surface area contributed by atoms with E-state index in [2.05, 4.69) is 6.58 Å². The van der Waals surface area contributed by atoms with E-state index in [1.807, 2.05) is 27.7 Å². The predicted octanol–water partition coefficient (Wildman–Crippen LogP) is 1.75. The molecule has 0 aliphatic rings. The molecule has 0 heterocycles. The van der Waals surface area contributed by atoms with Crippen LogP contribution in [0.2, 0.25) is 0 Å². The quantitative estimate of drug-likeness (QED) is 0.476. The number of carbonyl (C=O) groups excluding carboxylic acids is 1. The van der Waals surface area contributed by atoms with Crippen LogP contribution >= 0.6 is 0 Å². The van der Waals surface area contributed by atoms with E-state index in [1.54, 1.807) is 5.06 Å². The maximum Gasteiger partial charge on any atom is 0.349 e. The molecule has 0 rings (SSSR count). The van der Waals surface area contributed by atoms with E-state index in [9.17, 15) is 4.79 Å². The molecule has 0 bridgehead atoms. The van der Waals surface area contributed by atoms with Crippen molar-refractivity contribution in [2.45, 2.75) is 39.8 Å². The van der Waals surface area contributed by atoms with Crippen molar-refractivity contribution in [3.05, 3.63) is 12.7 Å². The first kappa shape index (κ1) is 11.2. The summed E-state index contributed by atoms with van der Waals surface area (Å²) >= 11 is 0. The van der Waals surface area contributed by atoms with Gasteiger partial charge in [0.15, 0.2) is 0 Å². The fourth-order valence-corrected chi connectivity index (χ4v) is 0.948. The molecule has 0 aromatic heterocycles. The van der Waals surface area contributed by atoms with Crippen molar-refractivity contribution >= 4 is 5.97 Å². The molecule has 0 aromatic rings. The van der Waals surface area contributed by atoms with E-state index in [-0.39, 0.29) is 12.1 Å². The van der Waals surface area contributed by atoms with Gasteiger partial charge in [0.05, 0.1) is 0 Å². The van der Waals surface area contributed by atoms with Crippen LogP contribution < -0.4 is 0 Å². The topological polar surface area (TPSA) is 29.5 Å². The third-order valence-electron chi connectivity index (χ3n) is 1.38. The summed E-state index contributed by atoms with van der Waals surface area (Å²) in [5, 5.41) is 1.64. The monoisotopic (exact) mass is 171 g/mol. The summed E-state index contributed by atoms with van der Waals surface area (Å²) in [5.41, 5.74) is 0. The molecule has 0 aliphatic heterocycles. The van der Waals surface area contributed by atoms with Gasteiger partial charge in [0.25, 0.3) is 0 Å². The van der Waals surface area contributed by atoms with Crippen molar-refractivity contribution in [3.8, 4) is 0 Å². The van der Waals surface area contributed by atoms with E-state index in [1.165, 1.54) is 0 Å². The Morgan fingerprint density at radius 3 is 2.00 bits per heavy atom. The van der Waals surface area contributed by atoms with Crippen molar-refractivity contribution in [2.75, 3.05) is 0 Å². The largest absolute Gasteiger partial charge is 0.364 e. The average molecular weight is 171 g/mol. The van der Waals surface area contributed by atoms with Gasteiger partial charge in [-0.2, -0.15) is 0 Å². The summed E-state index contributed by atoms with van der Waals surface area (Å²) in [4.78, 5) is 15.8. The van der Waals surface area contributed by atoms with Gasteiger partial charge >= 0.3 is 5.97 Å². The van der Waals surface area contributed by atoms with Gasteiger partial charge in [0.1, 0.15) is 0 Å². The molecule has 0 radical (unpaired) electrons. The van der Waals surface area contributed by atoms with E-state index >= 15 is 0 Å². The highest BCUT2D eigenvalue weighted by Gasteiger charge is 2.16. The fourth-order valence-electron chi connectivity index (χ4n) is 0.948. The number of hydrogen-bond donors (Lipinski definition) is 0. The minimum atomic E-state index is -0.405. The molecule has 0 fully saturated rings. The zero-order chi connectivity index (χ0) is 9.72. The van der Waals surface area contributed by atoms with Gasteiger partial charge in [-0.15, -0.1) is 5.06 Å². The van der Waals surface area contributed by atoms with E-state index in [4.69, 9.17) is 4.84 Å². The summed E-state index contributed by atoms with van der Waals surface area (Å²) in [6.07, 6.45) is 1.16. The van der Waals surface area contributed by atoms with E-state index in [0.717, 1.165) is 6.08 Å². The third-order valence-corrected chi connectivity index (χ3v) is 1.38. The number of hydroxylamine groups is 2. The second kappa shape index (κ2) is 4.93. The smallest absolute Gasteiger partial charge is 0.349 e. The molecular weight excluding hydrogens is 154 g/mol. The van der Waals surface area contributed by atoms with Crippen LogP contribution in [0.4, 0.5) is 0 Å². The van der Waals surface area contributed by atoms with Gasteiger partial charge < -0.3 is 4.84 Å². The number of hydrogen-bond acceptors (Lipinski definition) is 3. The second-order valence-corrected chi connectivity index (χ2v) is 3.16. The molecule has 12 heavy (non-hydrogen) atoms. The van der Waals surface area contributed by atoms with Crippen LogP contribution in [0.1, 0.15) is 27.7 Å². The van der Waals surface area contributed by atoms with Crippen LogP contribution in [0.5, 0.6) is 0 Å². The summed E-state index contributed by atoms with van der Waals surface area (Å²) < 4.78 is 0. The van der Waals surface area contributed by atoms with Crippen LogP contribution in [0.25, 0.3) is 0 Å². The van der Waals surface area contributed by atoms with Crippen molar-refractivity contribution < 1.29 is 9.63 Å². The minimum absolute atomic E-state index is 0.189. The molecule has 0 atom stereocenters. The van der Waals surface area contributed by atoms with Crippen molar-refractivity contribution in [1.82, 2.24) is 5.06 Å². The summed E-state index contributed by atoms with van der Waals surface area (Å²) in [5.74, 6) is -0.405. The third kappa shape index (κ3) is 3.53. The Morgan fingerprint density at radius 1 is 1.33 bits per heavy atom. The van der Waals surface area contributed by atoms with Crippen LogP contribution in [0.15, 0.2) is 12.7 Å². The van der Waals surface area contributed by atoms with Crippen LogP contribution in [-0.4, -0.2) is 23.1 Å². The maximum atomic E-state index is 10.8. The van der Waals surface area contributed by atoms with Crippen LogP contribution in [-0.2, 0) is 9.63 Å². The predicted molar refractivity (Wildman–Crippen MR) is 48.4 cm³/mol. The van der Waals surface area contributed by atoms with E-state index in [0.29, 0.717) is 0 Å². The maximum absolute atomic E-state index is 10.8. The van der Waals surface area contributed by atoms with Gasteiger partial charge in [0, 0.05) is 18.2 Å². The van der Waals surface area contributed by atoms with Gasteiger partial charge in [0.2, 0.25) is 0 Å². The lowest BCUT2D eigenvalue weighted by Gasteiger charge is -2.27. The van der Waals surface area contributed by atoms with Crippen molar-refractivity contribution in [3.63, 3.8) is 0 Å². The lowest BCUT2D eigenvalue weighted by atomic mass is 10.3. The first-order chi connectivity index (χ1) is 5.49. The molecule has 0 aliphatic carbocycles. The molecule has 3 nitrogen and oxygen atoms in total. The van der Waals surface area contributed by atoms with Crippen molar-refractivity contribution in [1.29, 1.82) is 0 Å². The summed E-state index contributed by atoms with van der Waals surface area (Å²) in [7, 11) is 0. The first-order valence-electron chi connectivity index (χ1n) is 4.11.